The lowest BCUT2D eigenvalue weighted by molar-refractivity contribution is -0.137. The van der Waals surface area contributed by atoms with Crippen LogP contribution in [0.3, 0.4) is 0 Å². The number of nitrogens with zero attached hydrogens (tertiary/aromatic N) is 3. The van der Waals surface area contributed by atoms with Gasteiger partial charge < -0.3 is 14.4 Å². The number of aromatic nitrogens is 2. The van der Waals surface area contributed by atoms with Gasteiger partial charge in [-0.25, -0.2) is 4.98 Å². The number of para-hydroxylation sites is 1. The van der Waals surface area contributed by atoms with Crippen LogP contribution in [0, 0.1) is 0 Å². The predicted octanol–water partition coefficient (Wildman–Crippen LogP) is 5.50. The van der Waals surface area contributed by atoms with Gasteiger partial charge in [-0.05, 0) is 62.1 Å². The molecule has 0 aliphatic carbocycles. The molecule has 0 saturated carbocycles. The second-order valence-electron chi connectivity index (χ2n) is 8.54. The molecule has 192 valence electrons. The average Bonchev–Trinajstić information content (AvgIpc) is 2.87. The Hall–Kier alpha value is -4.11. The Balaban J connectivity index is 1.82. The number of hydrogen-bond acceptors (Lipinski definition) is 5. The number of halogens is 3. The van der Waals surface area contributed by atoms with Crippen LogP contribution in [0.25, 0.3) is 28.9 Å². The standard InChI is InChI=1S/C28H26F3N3O3/c1-33(2)17-18-37-26-20(7-6-8-23(26)36-3)12-15-22-25(19-10-13-21(14-11-19)28(29,30)31)27(35)34-16-5-4-9-24(34)32-22/h4-16H,17-18H2,1-3H3/b15-12+. The summed E-state index contributed by atoms with van der Waals surface area (Å²) >= 11 is 0. The Morgan fingerprint density at radius 1 is 1.00 bits per heavy atom. The maximum Gasteiger partial charge on any atom is 0.416 e. The van der Waals surface area contributed by atoms with Crippen molar-refractivity contribution in [3.05, 3.63) is 94.0 Å². The summed E-state index contributed by atoms with van der Waals surface area (Å²) in [6.45, 7) is 1.13. The van der Waals surface area contributed by atoms with E-state index < -0.39 is 17.3 Å². The van der Waals surface area contributed by atoms with E-state index in [9.17, 15) is 18.0 Å². The lowest BCUT2D eigenvalue weighted by Gasteiger charge is -2.15. The third-order valence-electron chi connectivity index (χ3n) is 5.70. The molecule has 0 spiro atoms. The molecule has 37 heavy (non-hydrogen) atoms. The highest BCUT2D eigenvalue weighted by molar-refractivity contribution is 5.81. The van der Waals surface area contributed by atoms with Crippen LogP contribution < -0.4 is 15.0 Å². The van der Waals surface area contributed by atoms with Crippen LogP contribution in [0.5, 0.6) is 11.5 Å². The third kappa shape index (κ3) is 5.83. The van der Waals surface area contributed by atoms with E-state index in [1.54, 1.807) is 49.7 Å². The zero-order chi connectivity index (χ0) is 26.6. The van der Waals surface area contributed by atoms with Gasteiger partial charge in [0.15, 0.2) is 11.5 Å². The number of fused-ring (bicyclic) bond motifs is 1. The first-order valence-corrected chi connectivity index (χ1v) is 11.5. The van der Waals surface area contributed by atoms with Crippen molar-refractivity contribution >= 4 is 17.8 Å². The first kappa shape index (κ1) is 26.0. The number of rotatable bonds is 8. The van der Waals surface area contributed by atoms with E-state index in [0.29, 0.717) is 47.1 Å². The van der Waals surface area contributed by atoms with Gasteiger partial charge in [-0.15, -0.1) is 0 Å². The predicted molar refractivity (Wildman–Crippen MR) is 138 cm³/mol. The molecule has 2 aromatic carbocycles. The van der Waals surface area contributed by atoms with Crippen LogP contribution >= 0.6 is 0 Å². The summed E-state index contributed by atoms with van der Waals surface area (Å²) in [5, 5.41) is 0. The maximum atomic E-state index is 13.4. The Morgan fingerprint density at radius 3 is 2.43 bits per heavy atom. The van der Waals surface area contributed by atoms with Gasteiger partial charge in [-0.2, -0.15) is 13.2 Å². The minimum Gasteiger partial charge on any atom is -0.493 e. The van der Waals surface area contributed by atoms with E-state index in [1.807, 2.05) is 31.1 Å². The molecule has 9 heteroatoms. The molecule has 0 atom stereocenters. The summed E-state index contributed by atoms with van der Waals surface area (Å²) in [7, 11) is 5.44. The lowest BCUT2D eigenvalue weighted by Crippen LogP contribution is -2.19. The number of benzene rings is 2. The van der Waals surface area contributed by atoms with E-state index in [0.717, 1.165) is 12.1 Å². The number of methoxy groups -OCH3 is 1. The number of likely N-dealkylation sites (N-methyl/N-ethyl adjacent to an activating group) is 1. The first-order chi connectivity index (χ1) is 17.7. The fourth-order valence-corrected chi connectivity index (χ4v) is 3.80. The molecular weight excluding hydrogens is 483 g/mol. The van der Waals surface area contributed by atoms with Crippen molar-refractivity contribution in [3.63, 3.8) is 0 Å². The van der Waals surface area contributed by atoms with Gasteiger partial charge in [0.2, 0.25) is 0 Å². The third-order valence-corrected chi connectivity index (χ3v) is 5.70. The molecule has 0 unspecified atom stereocenters. The molecule has 0 aliphatic heterocycles. The van der Waals surface area contributed by atoms with Crippen LogP contribution in [0.4, 0.5) is 13.2 Å². The summed E-state index contributed by atoms with van der Waals surface area (Å²) < 4.78 is 52.2. The highest BCUT2D eigenvalue weighted by Gasteiger charge is 2.30. The van der Waals surface area contributed by atoms with Crippen molar-refractivity contribution in [1.29, 1.82) is 0 Å². The molecule has 0 bridgehead atoms. The summed E-state index contributed by atoms with van der Waals surface area (Å²) in [6.07, 6.45) is 0.509. The molecule has 0 saturated heterocycles. The van der Waals surface area contributed by atoms with Gasteiger partial charge in [0.05, 0.1) is 23.9 Å². The molecule has 4 rings (SSSR count). The number of hydrogen-bond donors (Lipinski definition) is 0. The smallest absolute Gasteiger partial charge is 0.416 e. The van der Waals surface area contributed by atoms with Gasteiger partial charge >= 0.3 is 6.18 Å². The number of alkyl halides is 3. The molecule has 0 amide bonds. The van der Waals surface area contributed by atoms with Crippen LogP contribution in [-0.2, 0) is 6.18 Å². The SMILES string of the molecule is COc1cccc(/C=C/c2nc3ccccn3c(=O)c2-c2ccc(C(F)(F)F)cc2)c1OCCN(C)C. The minimum absolute atomic E-state index is 0.187. The normalized spacial score (nSPS) is 12.0. The molecular formula is C28H26F3N3O3. The molecule has 0 radical (unpaired) electrons. The molecule has 2 heterocycles. The number of pyridine rings is 1. The fourth-order valence-electron chi connectivity index (χ4n) is 3.80. The summed E-state index contributed by atoms with van der Waals surface area (Å²) in [4.78, 5) is 20.1. The van der Waals surface area contributed by atoms with Crippen molar-refractivity contribution in [3.8, 4) is 22.6 Å². The van der Waals surface area contributed by atoms with Crippen molar-refractivity contribution in [2.75, 3.05) is 34.4 Å². The van der Waals surface area contributed by atoms with Crippen LogP contribution in [0.2, 0.25) is 0 Å². The molecule has 6 nitrogen and oxygen atoms in total. The quantitative estimate of drug-likeness (QED) is 0.314. The minimum atomic E-state index is -4.48. The Kier molecular flexibility index (Phi) is 7.63. The molecule has 0 fully saturated rings. The zero-order valence-corrected chi connectivity index (χ0v) is 20.6. The van der Waals surface area contributed by atoms with E-state index in [-0.39, 0.29) is 5.56 Å². The monoisotopic (exact) mass is 509 g/mol. The largest absolute Gasteiger partial charge is 0.493 e. The van der Waals surface area contributed by atoms with Gasteiger partial charge in [0, 0.05) is 18.3 Å². The summed E-state index contributed by atoms with van der Waals surface area (Å²) in [5.41, 5.74) is 0.764. The van der Waals surface area contributed by atoms with Crippen LogP contribution in [0.15, 0.2) is 71.7 Å². The average molecular weight is 510 g/mol. The van der Waals surface area contributed by atoms with E-state index in [1.165, 1.54) is 16.5 Å². The number of ether oxygens (including phenoxy) is 2. The van der Waals surface area contributed by atoms with Crippen molar-refractivity contribution < 1.29 is 22.6 Å². The van der Waals surface area contributed by atoms with E-state index >= 15 is 0 Å². The van der Waals surface area contributed by atoms with Gasteiger partial charge in [0.25, 0.3) is 5.56 Å². The summed E-state index contributed by atoms with van der Waals surface area (Å²) in [6, 6.07) is 15.1. The first-order valence-electron chi connectivity index (χ1n) is 11.5. The molecule has 2 aromatic heterocycles. The van der Waals surface area contributed by atoms with Gasteiger partial charge in [-0.3, -0.25) is 9.20 Å². The fraction of sp³-hybridized carbons (Fsp3) is 0.214. The zero-order valence-electron chi connectivity index (χ0n) is 20.6. The topological polar surface area (TPSA) is 56.1 Å². The second-order valence-corrected chi connectivity index (χ2v) is 8.54. The van der Waals surface area contributed by atoms with Crippen molar-refractivity contribution in [1.82, 2.24) is 14.3 Å². The molecule has 0 aliphatic rings. The highest BCUT2D eigenvalue weighted by atomic mass is 19.4. The highest BCUT2D eigenvalue weighted by Crippen LogP contribution is 2.34. The molecule has 0 N–H and O–H groups in total. The Bertz CT molecular complexity index is 1480. The maximum absolute atomic E-state index is 13.4. The second kappa shape index (κ2) is 10.9. The molecule has 4 aromatic rings. The van der Waals surface area contributed by atoms with Crippen LogP contribution in [-0.4, -0.2) is 48.6 Å². The lowest BCUT2D eigenvalue weighted by atomic mass is 10.0. The van der Waals surface area contributed by atoms with E-state index in [4.69, 9.17) is 9.47 Å². The van der Waals surface area contributed by atoms with E-state index in [2.05, 4.69) is 4.98 Å². The van der Waals surface area contributed by atoms with Gasteiger partial charge in [0.1, 0.15) is 12.3 Å². The Labute approximate surface area is 212 Å². The van der Waals surface area contributed by atoms with Crippen LogP contribution in [0.1, 0.15) is 16.8 Å². The summed E-state index contributed by atoms with van der Waals surface area (Å²) in [5.74, 6) is 1.09. The Morgan fingerprint density at radius 2 is 1.76 bits per heavy atom. The van der Waals surface area contributed by atoms with Crippen molar-refractivity contribution in [2.24, 2.45) is 0 Å². The van der Waals surface area contributed by atoms with Crippen molar-refractivity contribution in [2.45, 2.75) is 6.18 Å². The van der Waals surface area contributed by atoms with Gasteiger partial charge in [-0.1, -0.05) is 30.3 Å².